The molecular formula is C13H17N2OS2+. The van der Waals surface area contributed by atoms with E-state index < -0.39 is 0 Å². The number of nitrogens with one attached hydrogen (secondary N) is 1. The van der Waals surface area contributed by atoms with Crippen LogP contribution in [0.2, 0.25) is 0 Å². The summed E-state index contributed by atoms with van der Waals surface area (Å²) in [7, 11) is 0. The molecule has 0 spiro atoms. The number of likely N-dealkylation sites (tertiary alicyclic amines) is 1. The lowest BCUT2D eigenvalue weighted by Crippen LogP contribution is -3.12. The number of aliphatic hydroxyl groups excluding tert-OH is 1. The molecule has 0 aliphatic carbocycles. The molecule has 0 unspecified atom stereocenters. The van der Waals surface area contributed by atoms with Gasteiger partial charge in [-0.15, -0.1) is 11.3 Å². The van der Waals surface area contributed by atoms with E-state index in [2.05, 4.69) is 28.8 Å². The Balaban J connectivity index is 1.86. The molecule has 3 rings (SSSR count). The highest BCUT2D eigenvalue weighted by Gasteiger charge is 2.21. The molecule has 0 bridgehead atoms. The average Bonchev–Trinajstić information content (AvgIpc) is 2.69. The normalized spacial score (nSPS) is 24.5. The first-order chi connectivity index (χ1) is 8.74. The van der Waals surface area contributed by atoms with Crippen LogP contribution in [0.1, 0.15) is 12.8 Å². The molecule has 96 valence electrons. The molecule has 5 heteroatoms. The zero-order valence-corrected chi connectivity index (χ0v) is 11.8. The monoisotopic (exact) mass is 281 g/mol. The first-order valence-electron chi connectivity index (χ1n) is 6.34. The van der Waals surface area contributed by atoms with Crippen molar-refractivity contribution in [3.05, 3.63) is 28.2 Å². The highest BCUT2D eigenvalue weighted by atomic mass is 32.1. The molecule has 1 saturated heterocycles. The maximum absolute atomic E-state index is 9.54. The van der Waals surface area contributed by atoms with Gasteiger partial charge in [0.05, 0.1) is 29.4 Å². The van der Waals surface area contributed by atoms with Crippen molar-refractivity contribution in [1.82, 2.24) is 4.57 Å². The SMILES string of the molecule is OC1CC[NH+](Cn2c(=S)sc3ccccc32)CC1. The quantitative estimate of drug-likeness (QED) is 0.816. The van der Waals surface area contributed by atoms with Crippen molar-refractivity contribution < 1.29 is 10.0 Å². The fourth-order valence-corrected chi connectivity index (χ4v) is 3.88. The van der Waals surface area contributed by atoms with Gasteiger partial charge in [0.15, 0.2) is 10.6 Å². The van der Waals surface area contributed by atoms with Crippen LogP contribution in [-0.4, -0.2) is 28.9 Å². The lowest BCUT2D eigenvalue weighted by atomic mass is 10.1. The Morgan fingerprint density at radius 3 is 2.83 bits per heavy atom. The molecule has 18 heavy (non-hydrogen) atoms. The Morgan fingerprint density at radius 1 is 1.33 bits per heavy atom. The lowest BCUT2D eigenvalue weighted by molar-refractivity contribution is -0.928. The molecule has 1 aromatic heterocycles. The van der Waals surface area contributed by atoms with Gasteiger partial charge >= 0.3 is 0 Å². The van der Waals surface area contributed by atoms with Crippen molar-refractivity contribution in [2.75, 3.05) is 13.1 Å². The summed E-state index contributed by atoms with van der Waals surface area (Å²) in [6, 6.07) is 8.39. The number of aromatic nitrogens is 1. The van der Waals surface area contributed by atoms with E-state index in [9.17, 15) is 5.11 Å². The highest BCUT2D eigenvalue weighted by Crippen LogP contribution is 2.21. The number of benzene rings is 1. The van der Waals surface area contributed by atoms with E-state index >= 15 is 0 Å². The summed E-state index contributed by atoms with van der Waals surface area (Å²) in [5.74, 6) is 0. The Kier molecular flexibility index (Phi) is 3.48. The smallest absolute Gasteiger partial charge is 0.166 e. The van der Waals surface area contributed by atoms with Gasteiger partial charge < -0.3 is 10.0 Å². The molecule has 1 fully saturated rings. The number of nitrogens with zero attached hydrogens (tertiary/aromatic N) is 1. The van der Waals surface area contributed by atoms with Crippen molar-refractivity contribution in [3.8, 4) is 0 Å². The summed E-state index contributed by atoms with van der Waals surface area (Å²) >= 11 is 7.15. The van der Waals surface area contributed by atoms with Gasteiger partial charge in [-0.3, -0.25) is 4.57 Å². The van der Waals surface area contributed by atoms with Gasteiger partial charge in [-0.05, 0) is 24.4 Å². The number of fused-ring (bicyclic) bond motifs is 1. The maximum Gasteiger partial charge on any atom is 0.166 e. The van der Waals surface area contributed by atoms with Crippen molar-refractivity contribution in [2.24, 2.45) is 0 Å². The van der Waals surface area contributed by atoms with Crippen LogP contribution < -0.4 is 4.90 Å². The highest BCUT2D eigenvalue weighted by molar-refractivity contribution is 7.73. The van der Waals surface area contributed by atoms with Crippen LogP contribution >= 0.6 is 23.6 Å². The van der Waals surface area contributed by atoms with E-state index in [4.69, 9.17) is 12.2 Å². The van der Waals surface area contributed by atoms with Crippen LogP contribution in [0.3, 0.4) is 0 Å². The van der Waals surface area contributed by atoms with Gasteiger partial charge in [-0.25, -0.2) is 0 Å². The summed E-state index contributed by atoms with van der Waals surface area (Å²) in [5, 5.41) is 9.54. The van der Waals surface area contributed by atoms with Gasteiger partial charge in [0.25, 0.3) is 0 Å². The lowest BCUT2D eigenvalue weighted by Gasteiger charge is -2.26. The van der Waals surface area contributed by atoms with E-state index in [0.29, 0.717) is 0 Å². The van der Waals surface area contributed by atoms with Crippen LogP contribution in [0.15, 0.2) is 24.3 Å². The van der Waals surface area contributed by atoms with E-state index in [1.165, 1.54) is 15.1 Å². The molecule has 1 aromatic carbocycles. The third kappa shape index (κ3) is 2.36. The van der Waals surface area contributed by atoms with Crippen LogP contribution in [-0.2, 0) is 6.67 Å². The number of piperidine rings is 1. The number of hydrogen-bond acceptors (Lipinski definition) is 3. The number of thiazole rings is 1. The van der Waals surface area contributed by atoms with E-state index in [1.54, 1.807) is 11.3 Å². The maximum atomic E-state index is 9.54. The molecule has 2 N–H and O–H groups in total. The molecule has 1 aliphatic rings. The Labute approximate surface area is 115 Å². The number of para-hydroxylation sites is 1. The second kappa shape index (κ2) is 5.09. The van der Waals surface area contributed by atoms with Crippen LogP contribution in [0.4, 0.5) is 0 Å². The minimum atomic E-state index is -0.0964. The molecule has 3 nitrogen and oxygen atoms in total. The Hall–Kier alpha value is -0.750. The molecule has 0 radical (unpaired) electrons. The van der Waals surface area contributed by atoms with Crippen molar-refractivity contribution >= 4 is 33.8 Å². The van der Waals surface area contributed by atoms with Crippen LogP contribution in [0.25, 0.3) is 10.2 Å². The van der Waals surface area contributed by atoms with E-state index in [1.807, 2.05) is 0 Å². The van der Waals surface area contributed by atoms with Crippen molar-refractivity contribution in [1.29, 1.82) is 0 Å². The summed E-state index contributed by atoms with van der Waals surface area (Å²) in [6.07, 6.45) is 1.72. The zero-order valence-electron chi connectivity index (χ0n) is 10.1. The number of hydrogen-bond donors (Lipinski definition) is 2. The molecule has 2 aromatic rings. The summed E-state index contributed by atoms with van der Waals surface area (Å²) in [5.41, 5.74) is 1.24. The Bertz CT molecular complexity index is 596. The van der Waals surface area contributed by atoms with E-state index in [0.717, 1.165) is 36.6 Å². The molecule has 1 aliphatic heterocycles. The Morgan fingerprint density at radius 2 is 2.06 bits per heavy atom. The number of quaternary nitrogens is 1. The largest absolute Gasteiger partial charge is 0.393 e. The summed E-state index contributed by atoms with van der Waals surface area (Å²) in [6.45, 7) is 3.00. The van der Waals surface area contributed by atoms with Crippen molar-refractivity contribution in [3.63, 3.8) is 0 Å². The molecule has 0 amide bonds. The predicted octanol–water partition coefficient (Wildman–Crippen LogP) is 1.43. The number of aliphatic hydroxyl groups is 1. The average molecular weight is 281 g/mol. The third-order valence-corrected chi connectivity index (χ3v) is 5.05. The molecular weight excluding hydrogens is 264 g/mol. The van der Waals surface area contributed by atoms with Gasteiger partial charge in [0.1, 0.15) is 0 Å². The first kappa shape index (κ1) is 12.3. The zero-order chi connectivity index (χ0) is 12.5. The topological polar surface area (TPSA) is 29.6 Å². The minimum absolute atomic E-state index is 0.0964. The molecule has 2 heterocycles. The molecule has 0 atom stereocenters. The standard InChI is InChI=1S/C13H16N2OS2/c16-10-5-7-14(8-6-10)9-15-11-3-1-2-4-12(11)18-13(15)17/h1-4,10,16H,5-9H2/p+1. The molecule has 0 saturated carbocycles. The van der Waals surface area contributed by atoms with Gasteiger partial charge in [0.2, 0.25) is 0 Å². The van der Waals surface area contributed by atoms with Crippen LogP contribution in [0.5, 0.6) is 0 Å². The second-order valence-electron chi connectivity index (χ2n) is 4.90. The third-order valence-electron chi connectivity index (χ3n) is 3.62. The number of rotatable bonds is 2. The summed E-state index contributed by atoms with van der Waals surface area (Å²) < 4.78 is 4.45. The summed E-state index contributed by atoms with van der Waals surface area (Å²) in [4.78, 5) is 1.51. The minimum Gasteiger partial charge on any atom is -0.393 e. The van der Waals surface area contributed by atoms with E-state index in [-0.39, 0.29) is 6.10 Å². The van der Waals surface area contributed by atoms with Crippen LogP contribution in [0, 0.1) is 3.95 Å². The van der Waals surface area contributed by atoms with Gasteiger partial charge in [0, 0.05) is 12.8 Å². The fraction of sp³-hybridized carbons (Fsp3) is 0.462. The van der Waals surface area contributed by atoms with Gasteiger partial charge in [-0.2, -0.15) is 0 Å². The first-order valence-corrected chi connectivity index (χ1v) is 7.56. The predicted molar refractivity (Wildman–Crippen MR) is 76.6 cm³/mol. The fourth-order valence-electron chi connectivity index (χ4n) is 2.56. The van der Waals surface area contributed by atoms with Crippen molar-refractivity contribution in [2.45, 2.75) is 25.6 Å². The second-order valence-corrected chi connectivity index (χ2v) is 6.58. The van der Waals surface area contributed by atoms with Gasteiger partial charge in [-0.1, -0.05) is 12.1 Å².